The molecule has 0 aliphatic rings. The number of ketones is 1. The van der Waals surface area contributed by atoms with Crippen LogP contribution in [0.15, 0.2) is 11.4 Å². The third-order valence-corrected chi connectivity index (χ3v) is 4.46. The van der Waals surface area contributed by atoms with Crippen molar-refractivity contribution in [3.05, 3.63) is 28.8 Å². The first kappa shape index (κ1) is 17.3. The lowest BCUT2D eigenvalue weighted by Gasteiger charge is -2.08. The van der Waals surface area contributed by atoms with Crippen molar-refractivity contribution >= 4 is 23.5 Å². The minimum Gasteiger partial charge on any atom is -0.349 e. The van der Waals surface area contributed by atoms with Crippen molar-refractivity contribution in [1.29, 1.82) is 0 Å². The number of Topliss-reactive ketones (excluding diaryl/α,β-unsaturated/α-hetero) is 1. The van der Waals surface area contributed by atoms with E-state index in [1.165, 1.54) is 6.92 Å². The molecule has 0 spiro atoms. The number of aromatic nitrogens is 4. The molecular weight excluding hydrogens is 314 g/mol. The van der Waals surface area contributed by atoms with E-state index in [9.17, 15) is 9.59 Å². The molecule has 124 valence electrons. The van der Waals surface area contributed by atoms with E-state index < -0.39 is 0 Å². The van der Waals surface area contributed by atoms with Crippen molar-refractivity contribution in [2.45, 2.75) is 39.0 Å². The normalized spacial score (nSPS) is 10.8. The molecule has 2 aromatic heterocycles. The Hall–Kier alpha value is -2.09. The zero-order chi connectivity index (χ0) is 17.1. The largest absolute Gasteiger partial charge is 0.349 e. The monoisotopic (exact) mass is 335 g/mol. The van der Waals surface area contributed by atoms with Crippen molar-refractivity contribution < 1.29 is 9.59 Å². The van der Waals surface area contributed by atoms with Gasteiger partial charge in [0, 0.05) is 12.7 Å². The van der Waals surface area contributed by atoms with Crippen LogP contribution in [-0.4, -0.2) is 37.3 Å². The predicted molar refractivity (Wildman–Crippen MR) is 88.5 cm³/mol. The third-order valence-electron chi connectivity index (χ3n) is 3.72. The highest BCUT2D eigenvalue weighted by Crippen LogP contribution is 2.14. The number of nitrogens with one attached hydrogen (secondary N) is 1. The van der Waals surface area contributed by atoms with Crippen molar-refractivity contribution in [2.75, 3.05) is 6.26 Å². The number of carbonyl (C=O) groups excluding carboxylic acids is 2. The number of rotatable bonds is 6. The average Bonchev–Trinajstić information content (AvgIpc) is 2.97. The van der Waals surface area contributed by atoms with Crippen molar-refractivity contribution in [3.63, 3.8) is 0 Å². The highest BCUT2D eigenvalue weighted by molar-refractivity contribution is 7.98. The van der Waals surface area contributed by atoms with Gasteiger partial charge in [0.25, 0.3) is 0 Å². The summed E-state index contributed by atoms with van der Waals surface area (Å²) in [5.41, 5.74) is 2.89. The molecule has 2 aromatic rings. The smallest absolute Gasteiger partial charge is 0.242 e. The van der Waals surface area contributed by atoms with E-state index in [1.54, 1.807) is 36.5 Å². The van der Waals surface area contributed by atoms with Crippen LogP contribution in [0.2, 0.25) is 0 Å². The summed E-state index contributed by atoms with van der Waals surface area (Å²) in [6, 6.07) is 0. The molecule has 2 heterocycles. The van der Waals surface area contributed by atoms with Crippen LogP contribution in [-0.2, 0) is 24.9 Å². The van der Waals surface area contributed by atoms with Gasteiger partial charge >= 0.3 is 0 Å². The average molecular weight is 335 g/mol. The van der Waals surface area contributed by atoms with Gasteiger partial charge in [-0.3, -0.25) is 14.3 Å². The van der Waals surface area contributed by atoms with Gasteiger partial charge in [-0.05, 0) is 27.0 Å². The van der Waals surface area contributed by atoms with Gasteiger partial charge in [-0.2, -0.15) is 5.10 Å². The molecule has 0 aromatic carbocycles. The second kappa shape index (κ2) is 6.99. The molecule has 0 aliphatic carbocycles. The van der Waals surface area contributed by atoms with Gasteiger partial charge in [-0.1, -0.05) is 11.8 Å². The molecule has 0 fully saturated rings. The number of thioether (sulfide) groups is 1. The molecule has 7 nitrogen and oxygen atoms in total. The molecule has 23 heavy (non-hydrogen) atoms. The standard InChI is InChI=1S/C15H21N5O2S/c1-9-14(11(3)21)10(2)20(18-9)8-13(22)16-6-12-7-17-15(23-5)19(12)4/h7H,6,8H2,1-5H3,(H,16,22). The maximum absolute atomic E-state index is 12.1. The number of imidazole rings is 1. The first-order valence-corrected chi connectivity index (χ1v) is 8.43. The fourth-order valence-electron chi connectivity index (χ4n) is 2.52. The predicted octanol–water partition coefficient (Wildman–Crippen LogP) is 1.47. The van der Waals surface area contributed by atoms with Crippen LogP contribution in [0.5, 0.6) is 0 Å². The van der Waals surface area contributed by atoms with Crippen molar-refractivity contribution in [3.8, 4) is 0 Å². The topological polar surface area (TPSA) is 81.8 Å². The Morgan fingerprint density at radius 3 is 2.57 bits per heavy atom. The molecule has 0 atom stereocenters. The Labute approximate surface area is 139 Å². The molecule has 1 amide bonds. The van der Waals surface area contributed by atoms with E-state index in [1.807, 2.05) is 17.9 Å². The lowest BCUT2D eigenvalue weighted by molar-refractivity contribution is -0.122. The van der Waals surface area contributed by atoms with E-state index in [0.29, 0.717) is 17.8 Å². The molecule has 0 aliphatic heterocycles. The third kappa shape index (κ3) is 3.64. The van der Waals surface area contributed by atoms with Crippen LogP contribution in [0.1, 0.15) is 34.4 Å². The SMILES string of the molecule is CSc1ncc(CNC(=O)Cn2nc(C)c(C(C)=O)c2C)n1C. The summed E-state index contributed by atoms with van der Waals surface area (Å²) < 4.78 is 3.51. The highest BCUT2D eigenvalue weighted by Gasteiger charge is 2.17. The first-order valence-electron chi connectivity index (χ1n) is 7.21. The number of nitrogens with zero attached hydrogens (tertiary/aromatic N) is 4. The van der Waals surface area contributed by atoms with E-state index in [-0.39, 0.29) is 18.2 Å². The minimum atomic E-state index is -0.155. The van der Waals surface area contributed by atoms with Gasteiger partial charge in [0.15, 0.2) is 10.9 Å². The van der Waals surface area contributed by atoms with Gasteiger partial charge in [0.1, 0.15) is 6.54 Å². The first-order chi connectivity index (χ1) is 10.8. The zero-order valence-corrected chi connectivity index (χ0v) is 14.8. The van der Waals surface area contributed by atoms with E-state index >= 15 is 0 Å². The van der Waals surface area contributed by atoms with Crippen LogP contribution in [0, 0.1) is 13.8 Å². The fourth-order valence-corrected chi connectivity index (χ4v) is 3.07. The molecule has 0 unspecified atom stereocenters. The molecule has 0 radical (unpaired) electrons. The van der Waals surface area contributed by atoms with Crippen LogP contribution in [0.3, 0.4) is 0 Å². The van der Waals surface area contributed by atoms with Gasteiger partial charge < -0.3 is 9.88 Å². The summed E-state index contributed by atoms with van der Waals surface area (Å²) in [4.78, 5) is 28.0. The molecule has 0 saturated carbocycles. The van der Waals surface area contributed by atoms with Gasteiger partial charge in [-0.25, -0.2) is 4.98 Å². The molecule has 1 N–H and O–H groups in total. The number of carbonyl (C=O) groups is 2. The maximum atomic E-state index is 12.1. The van der Waals surface area contributed by atoms with Crippen LogP contribution >= 0.6 is 11.8 Å². The van der Waals surface area contributed by atoms with Gasteiger partial charge in [0.2, 0.25) is 5.91 Å². The molecule has 0 bridgehead atoms. The second-order valence-electron chi connectivity index (χ2n) is 5.33. The summed E-state index contributed by atoms with van der Waals surface area (Å²) in [6.07, 6.45) is 3.71. The van der Waals surface area contributed by atoms with Crippen LogP contribution < -0.4 is 5.32 Å². The Kier molecular flexibility index (Phi) is 5.25. The van der Waals surface area contributed by atoms with Crippen molar-refractivity contribution in [1.82, 2.24) is 24.6 Å². The van der Waals surface area contributed by atoms with Gasteiger partial charge in [-0.15, -0.1) is 0 Å². The number of amides is 1. The van der Waals surface area contributed by atoms with Crippen molar-refractivity contribution in [2.24, 2.45) is 7.05 Å². The number of aryl methyl sites for hydroxylation is 1. The Balaban J connectivity index is 2.01. The van der Waals surface area contributed by atoms with Crippen LogP contribution in [0.4, 0.5) is 0 Å². The second-order valence-corrected chi connectivity index (χ2v) is 6.11. The lowest BCUT2D eigenvalue weighted by Crippen LogP contribution is -2.28. The summed E-state index contributed by atoms with van der Waals surface area (Å²) >= 11 is 1.56. The van der Waals surface area contributed by atoms with E-state index in [2.05, 4.69) is 15.4 Å². The van der Waals surface area contributed by atoms with Crippen LogP contribution in [0.25, 0.3) is 0 Å². The summed E-state index contributed by atoms with van der Waals surface area (Å²) in [6.45, 7) is 5.58. The van der Waals surface area contributed by atoms with Gasteiger partial charge in [0.05, 0.1) is 29.7 Å². The molecular formula is C15H21N5O2S. The quantitative estimate of drug-likeness (QED) is 0.639. The van der Waals surface area contributed by atoms with E-state index in [0.717, 1.165) is 16.5 Å². The lowest BCUT2D eigenvalue weighted by atomic mass is 10.1. The number of hydrogen-bond acceptors (Lipinski definition) is 5. The summed E-state index contributed by atoms with van der Waals surface area (Å²) in [5.74, 6) is -0.191. The molecule has 2 rings (SSSR count). The maximum Gasteiger partial charge on any atom is 0.242 e. The Bertz CT molecular complexity index is 747. The fraction of sp³-hybridized carbons (Fsp3) is 0.467. The summed E-state index contributed by atoms with van der Waals surface area (Å²) in [5, 5.41) is 8.03. The minimum absolute atomic E-state index is 0.0360. The Morgan fingerprint density at radius 1 is 1.35 bits per heavy atom. The Morgan fingerprint density at radius 2 is 2.04 bits per heavy atom. The highest BCUT2D eigenvalue weighted by atomic mass is 32.2. The number of hydrogen-bond donors (Lipinski definition) is 1. The molecule has 8 heteroatoms. The zero-order valence-electron chi connectivity index (χ0n) is 14.0. The molecule has 0 saturated heterocycles. The van der Waals surface area contributed by atoms with E-state index in [4.69, 9.17) is 0 Å². The summed E-state index contributed by atoms with van der Waals surface area (Å²) in [7, 11) is 1.92.